The topological polar surface area (TPSA) is 20.2 Å². The second-order valence-corrected chi connectivity index (χ2v) is 7.18. The van der Waals surface area contributed by atoms with Crippen molar-refractivity contribution in [1.82, 2.24) is 0 Å². The number of rotatable bonds is 3. The van der Waals surface area contributed by atoms with Crippen molar-refractivity contribution in [3.63, 3.8) is 0 Å². The quantitative estimate of drug-likeness (QED) is 0.754. The van der Waals surface area contributed by atoms with Crippen LogP contribution in [0.4, 0.5) is 4.39 Å². The van der Waals surface area contributed by atoms with E-state index in [0.29, 0.717) is 22.4 Å². The van der Waals surface area contributed by atoms with Gasteiger partial charge in [-0.25, -0.2) is 4.39 Å². The summed E-state index contributed by atoms with van der Waals surface area (Å²) in [7, 11) is 0. The Hall–Kier alpha value is -0.120. The first-order valence-corrected chi connectivity index (χ1v) is 8.04. The van der Waals surface area contributed by atoms with E-state index in [2.05, 4.69) is 15.9 Å². The Kier molecular flexibility index (Phi) is 3.89. The van der Waals surface area contributed by atoms with Gasteiger partial charge >= 0.3 is 0 Å². The van der Waals surface area contributed by atoms with Crippen LogP contribution in [-0.4, -0.2) is 5.11 Å². The molecule has 1 aromatic carbocycles. The van der Waals surface area contributed by atoms with Crippen LogP contribution in [0, 0.1) is 23.6 Å². The SMILES string of the molecule is OC(CC1CC2CCC1C2)c1ccc(Br)c(Cl)c1F. The molecule has 2 saturated carbocycles. The van der Waals surface area contributed by atoms with Crippen LogP contribution in [-0.2, 0) is 0 Å². The van der Waals surface area contributed by atoms with E-state index in [9.17, 15) is 9.50 Å². The van der Waals surface area contributed by atoms with Crippen LogP contribution in [0.5, 0.6) is 0 Å². The van der Waals surface area contributed by atoms with E-state index in [1.54, 1.807) is 12.1 Å². The minimum atomic E-state index is -0.741. The number of aliphatic hydroxyl groups excluding tert-OH is 1. The molecule has 0 aliphatic heterocycles. The van der Waals surface area contributed by atoms with Gasteiger partial charge in [0.2, 0.25) is 0 Å². The van der Waals surface area contributed by atoms with Gasteiger partial charge in [-0.05, 0) is 65.4 Å². The third kappa shape index (κ3) is 2.57. The Morgan fingerprint density at radius 2 is 2.16 bits per heavy atom. The van der Waals surface area contributed by atoms with Gasteiger partial charge in [-0.1, -0.05) is 24.1 Å². The summed E-state index contributed by atoms with van der Waals surface area (Å²) < 4.78 is 14.6. The zero-order valence-corrected chi connectivity index (χ0v) is 12.9. The summed E-state index contributed by atoms with van der Waals surface area (Å²) in [6.45, 7) is 0. The maximum atomic E-state index is 14.1. The first-order valence-electron chi connectivity index (χ1n) is 6.87. The largest absolute Gasteiger partial charge is 0.388 e. The molecule has 2 bridgehead atoms. The average molecular weight is 348 g/mol. The Labute approximate surface area is 126 Å². The lowest BCUT2D eigenvalue weighted by atomic mass is 9.83. The molecule has 2 aliphatic carbocycles. The molecule has 0 amide bonds. The average Bonchev–Trinajstić information content (AvgIpc) is 2.98. The van der Waals surface area contributed by atoms with Crippen molar-refractivity contribution < 1.29 is 9.50 Å². The Bertz CT molecular complexity index is 493. The standard InChI is InChI=1S/C15H17BrClFO/c16-12-4-3-11(15(18)14(12)17)13(19)7-10-6-8-1-2-9(10)5-8/h3-4,8-10,13,19H,1-2,5-7H2. The molecule has 2 aliphatic rings. The van der Waals surface area contributed by atoms with Crippen molar-refractivity contribution in [2.75, 3.05) is 0 Å². The smallest absolute Gasteiger partial charge is 0.148 e. The number of hydrogen-bond acceptors (Lipinski definition) is 1. The number of halogens is 3. The van der Waals surface area contributed by atoms with Gasteiger partial charge in [-0.15, -0.1) is 0 Å². The van der Waals surface area contributed by atoms with Crippen LogP contribution in [0.1, 0.15) is 43.8 Å². The lowest BCUT2D eigenvalue weighted by molar-refractivity contribution is 0.122. The van der Waals surface area contributed by atoms with E-state index < -0.39 is 11.9 Å². The molecule has 104 valence electrons. The molecule has 0 aromatic heterocycles. The minimum absolute atomic E-state index is 0.0597. The van der Waals surface area contributed by atoms with Crippen molar-refractivity contribution >= 4 is 27.5 Å². The molecule has 4 unspecified atom stereocenters. The van der Waals surface area contributed by atoms with Crippen LogP contribution < -0.4 is 0 Å². The van der Waals surface area contributed by atoms with Gasteiger partial charge in [0, 0.05) is 10.0 Å². The lowest BCUT2D eigenvalue weighted by Crippen LogP contribution is -2.15. The molecule has 19 heavy (non-hydrogen) atoms. The highest BCUT2D eigenvalue weighted by Crippen LogP contribution is 2.51. The van der Waals surface area contributed by atoms with Crippen LogP contribution in [0.2, 0.25) is 5.02 Å². The van der Waals surface area contributed by atoms with Gasteiger partial charge < -0.3 is 5.11 Å². The van der Waals surface area contributed by atoms with E-state index in [0.717, 1.165) is 11.8 Å². The fraction of sp³-hybridized carbons (Fsp3) is 0.600. The highest BCUT2D eigenvalue weighted by Gasteiger charge is 2.40. The molecule has 4 atom stereocenters. The molecule has 0 radical (unpaired) electrons. The number of hydrogen-bond donors (Lipinski definition) is 1. The third-order valence-electron chi connectivity index (χ3n) is 4.83. The van der Waals surface area contributed by atoms with Gasteiger partial charge in [-0.2, -0.15) is 0 Å². The first-order chi connectivity index (χ1) is 9.06. The predicted molar refractivity (Wildman–Crippen MR) is 77.6 cm³/mol. The van der Waals surface area contributed by atoms with E-state index in [-0.39, 0.29) is 5.02 Å². The van der Waals surface area contributed by atoms with Gasteiger partial charge in [0.05, 0.1) is 11.1 Å². The fourth-order valence-electron chi connectivity index (χ4n) is 3.88. The highest BCUT2D eigenvalue weighted by molar-refractivity contribution is 9.10. The summed E-state index contributed by atoms with van der Waals surface area (Å²) in [5.41, 5.74) is 0.330. The van der Waals surface area contributed by atoms with E-state index in [4.69, 9.17) is 11.6 Å². The molecule has 0 heterocycles. The van der Waals surface area contributed by atoms with Crippen molar-refractivity contribution in [2.45, 2.75) is 38.2 Å². The Morgan fingerprint density at radius 1 is 1.37 bits per heavy atom. The number of aliphatic hydroxyl groups is 1. The van der Waals surface area contributed by atoms with E-state index >= 15 is 0 Å². The van der Waals surface area contributed by atoms with Crippen LogP contribution >= 0.6 is 27.5 Å². The van der Waals surface area contributed by atoms with E-state index in [1.165, 1.54) is 25.7 Å². The predicted octanol–water partition coefficient (Wildman–Crippen LogP) is 5.10. The Balaban J connectivity index is 1.74. The van der Waals surface area contributed by atoms with Crippen LogP contribution in [0.25, 0.3) is 0 Å². The normalized spacial score (nSPS) is 30.8. The molecule has 0 spiro atoms. The first kappa shape index (κ1) is 13.8. The summed E-state index contributed by atoms with van der Waals surface area (Å²) in [6.07, 6.45) is 5.06. The summed E-state index contributed by atoms with van der Waals surface area (Å²) in [5, 5.41) is 10.4. The van der Waals surface area contributed by atoms with Gasteiger partial charge in [-0.3, -0.25) is 0 Å². The van der Waals surface area contributed by atoms with Crippen molar-refractivity contribution in [3.8, 4) is 0 Å². The molecular weight excluding hydrogens is 331 g/mol. The van der Waals surface area contributed by atoms with E-state index in [1.807, 2.05) is 0 Å². The second-order valence-electron chi connectivity index (χ2n) is 5.95. The van der Waals surface area contributed by atoms with Gasteiger partial charge in [0.25, 0.3) is 0 Å². The van der Waals surface area contributed by atoms with Crippen molar-refractivity contribution in [2.24, 2.45) is 17.8 Å². The van der Waals surface area contributed by atoms with Crippen molar-refractivity contribution in [1.29, 1.82) is 0 Å². The minimum Gasteiger partial charge on any atom is -0.388 e. The molecular formula is C15H17BrClFO. The zero-order valence-electron chi connectivity index (χ0n) is 10.6. The zero-order chi connectivity index (χ0) is 13.6. The molecule has 2 fully saturated rings. The molecule has 4 heteroatoms. The fourth-order valence-corrected chi connectivity index (χ4v) is 4.36. The molecule has 1 nitrogen and oxygen atoms in total. The summed E-state index contributed by atoms with van der Waals surface area (Å²) in [6, 6.07) is 3.33. The van der Waals surface area contributed by atoms with Crippen LogP contribution in [0.15, 0.2) is 16.6 Å². The van der Waals surface area contributed by atoms with Gasteiger partial charge in [0.15, 0.2) is 0 Å². The van der Waals surface area contributed by atoms with Crippen LogP contribution in [0.3, 0.4) is 0 Å². The molecule has 0 saturated heterocycles. The highest BCUT2D eigenvalue weighted by atomic mass is 79.9. The third-order valence-corrected chi connectivity index (χ3v) is 6.09. The maximum Gasteiger partial charge on any atom is 0.148 e. The number of benzene rings is 1. The van der Waals surface area contributed by atoms with Crippen molar-refractivity contribution in [3.05, 3.63) is 33.0 Å². The summed E-state index contributed by atoms with van der Waals surface area (Å²) >= 11 is 9.06. The maximum absolute atomic E-state index is 14.1. The monoisotopic (exact) mass is 346 g/mol. The number of fused-ring (bicyclic) bond motifs is 2. The van der Waals surface area contributed by atoms with Gasteiger partial charge in [0.1, 0.15) is 5.82 Å². The Morgan fingerprint density at radius 3 is 2.79 bits per heavy atom. The second kappa shape index (κ2) is 5.34. The molecule has 1 aromatic rings. The molecule has 1 N–H and O–H groups in total. The lowest BCUT2D eigenvalue weighted by Gasteiger charge is -2.24. The summed E-state index contributed by atoms with van der Waals surface area (Å²) in [5.74, 6) is 1.65. The molecule has 3 rings (SSSR count). The summed E-state index contributed by atoms with van der Waals surface area (Å²) in [4.78, 5) is 0.